The topological polar surface area (TPSA) is 92.4 Å². The Bertz CT molecular complexity index is 1370. The molecule has 1 amide bonds. The number of aromatic nitrogens is 4. The summed E-state index contributed by atoms with van der Waals surface area (Å²) in [6, 6.07) is 5.46. The molecule has 32 heavy (non-hydrogen) atoms. The molecule has 0 saturated heterocycles. The lowest BCUT2D eigenvalue weighted by Crippen LogP contribution is -2.18. The number of carbonyl (C=O) groups excluding carboxylic acids is 1. The van der Waals surface area contributed by atoms with Crippen LogP contribution < -0.4 is 5.32 Å². The van der Waals surface area contributed by atoms with Crippen LogP contribution in [-0.2, 0) is 4.79 Å². The molecule has 0 spiro atoms. The molecule has 0 aliphatic heterocycles. The van der Waals surface area contributed by atoms with Crippen molar-refractivity contribution in [3.63, 3.8) is 0 Å². The molecule has 9 heteroatoms. The predicted octanol–water partition coefficient (Wildman–Crippen LogP) is 4.29. The van der Waals surface area contributed by atoms with Crippen LogP contribution in [-0.4, -0.2) is 36.3 Å². The Morgan fingerprint density at radius 3 is 2.75 bits per heavy atom. The summed E-state index contributed by atoms with van der Waals surface area (Å²) in [6.07, 6.45) is 6.36. The number of aliphatic hydroxyl groups excluding tert-OH is 1. The zero-order chi connectivity index (χ0) is 22.6. The van der Waals surface area contributed by atoms with E-state index in [4.69, 9.17) is 0 Å². The Morgan fingerprint density at radius 2 is 2.06 bits per heavy atom. The van der Waals surface area contributed by atoms with Gasteiger partial charge in [0.05, 0.1) is 17.5 Å². The molecule has 0 aromatic carbocycles. The molecular formula is C23H21F2N5O2. The average Bonchev–Trinajstić information content (AvgIpc) is 3.18. The van der Waals surface area contributed by atoms with E-state index in [0.717, 1.165) is 27.6 Å². The van der Waals surface area contributed by atoms with Gasteiger partial charge in [-0.15, -0.1) is 0 Å². The fourth-order valence-corrected chi connectivity index (χ4v) is 3.91. The highest BCUT2D eigenvalue weighted by molar-refractivity contribution is 6.00. The van der Waals surface area contributed by atoms with Gasteiger partial charge in [-0.25, -0.2) is 18.7 Å². The number of carbonyl (C=O) groups is 1. The van der Waals surface area contributed by atoms with Gasteiger partial charge in [0, 0.05) is 47.5 Å². The second-order valence-electron chi connectivity index (χ2n) is 8.16. The third-order valence-electron chi connectivity index (χ3n) is 5.90. The number of halogens is 2. The van der Waals surface area contributed by atoms with Crippen LogP contribution in [0.2, 0.25) is 0 Å². The Hall–Kier alpha value is -3.46. The number of nitrogens with one attached hydrogen (secondary N) is 1. The van der Waals surface area contributed by atoms with E-state index in [-0.39, 0.29) is 5.82 Å². The summed E-state index contributed by atoms with van der Waals surface area (Å²) in [4.78, 5) is 25.2. The number of aliphatic hydroxyl groups is 1. The maximum atomic E-state index is 13.2. The van der Waals surface area contributed by atoms with E-state index < -0.39 is 30.3 Å². The van der Waals surface area contributed by atoms with E-state index in [1.54, 1.807) is 24.7 Å². The smallest absolute Gasteiger partial charge is 0.260 e. The first-order valence-corrected chi connectivity index (χ1v) is 10.4. The van der Waals surface area contributed by atoms with E-state index >= 15 is 0 Å². The summed E-state index contributed by atoms with van der Waals surface area (Å²) < 4.78 is 28.3. The SMILES string of the molecule is CC[C@H](O)c1cc(C)c(-c2cc3cnc(NC(=O)[C@H]4CC4(F)F)cc3c3nccn23)cn1. The van der Waals surface area contributed by atoms with E-state index in [0.29, 0.717) is 17.8 Å². The van der Waals surface area contributed by atoms with Gasteiger partial charge in [-0.05, 0) is 37.1 Å². The Labute approximate surface area is 182 Å². The van der Waals surface area contributed by atoms with Crippen molar-refractivity contribution in [1.29, 1.82) is 0 Å². The summed E-state index contributed by atoms with van der Waals surface area (Å²) >= 11 is 0. The maximum Gasteiger partial charge on any atom is 0.260 e. The second kappa shape index (κ2) is 7.30. The van der Waals surface area contributed by atoms with Gasteiger partial charge in [-0.1, -0.05) is 6.92 Å². The summed E-state index contributed by atoms with van der Waals surface area (Å²) in [6.45, 7) is 3.86. The molecule has 1 aliphatic carbocycles. The molecule has 5 rings (SSSR count). The van der Waals surface area contributed by atoms with Crippen LogP contribution in [0.3, 0.4) is 0 Å². The molecule has 1 fully saturated rings. The molecule has 1 saturated carbocycles. The number of hydrogen-bond donors (Lipinski definition) is 2. The van der Waals surface area contributed by atoms with Gasteiger partial charge in [0.2, 0.25) is 5.91 Å². The third-order valence-corrected chi connectivity index (χ3v) is 5.90. The van der Waals surface area contributed by atoms with Crippen molar-refractivity contribution < 1.29 is 18.7 Å². The van der Waals surface area contributed by atoms with Crippen molar-refractivity contribution in [2.24, 2.45) is 5.92 Å². The van der Waals surface area contributed by atoms with E-state index in [1.807, 2.05) is 36.6 Å². The molecule has 2 N–H and O–H groups in total. The summed E-state index contributed by atoms with van der Waals surface area (Å²) in [7, 11) is 0. The molecule has 0 unspecified atom stereocenters. The number of amides is 1. The lowest BCUT2D eigenvalue weighted by atomic mass is 10.0. The molecule has 164 valence electrons. The first kappa shape index (κ1) is 20.4. The van der Waals surface area contributed by atoms with Crippen LogP contribution >= 0.6 is 0 Å². The molecule has 4 heterocycles. The summed E-state index contributed by atoms with van der Waals surface area (Å²) in [5, 5.41) is 14.1. The second-order valence-corrected chi connectivity index (χ2v) is 8.16. The van der Waals surface area contributed by atoms with Gasteiger partial charge >= 0.3 is 0 Å². The number of alkyl halides is 2. The number of pyridine rings is 3. The van der Waals surface area contributed by atoms with Crippen molar-refractivity contribution in [2.75, 3.05) is 5.32 Å². The lowest BCUT2D eigenvalue weighted by molar-refractivity contribution is -0.119. The number of anilines is 1. The standard InChI is InChI=1S/C23H21F2N5O2/c1-3-19(31)17-6-12(2)15(11-27-17)18-7-13-10-28-20(29-22(32)16-9-23(16,24)25)8-14(13)21-26-4-5-30(18)21/h4-8,10-11,16,19,31H,3,9H2,1-2H3,(H,28,29,32)/t16-,19+/m1/s1. The van der Waals surface area contributed by atoms with Gasteiger partial charge < -0.3 is 10.4 Å². The van der Waals surface area contributed by atoms with Crippen LogP contribution in [0, 0.1) is 12.8 Å². The highest BCUT2D eigenvalue weighted by atomic mass is 19.3. The average molecular weight is 437 g/mol. The number of aryl methyl sites for hydroxylation is 1. The number of fused-ring (bicyclic) bond motifs is 3. The van der Waals surface area contributed by atoms with E-state index in [2.05, 4.69) is 20.3 Å². The van der Waals surface area contributed by atoms with Gasteiger partial charge in [0.1, 0.15) is 17.4 Å². The van der Waals surface area contributed by atoms with Gasteiger partial charge in [-0.3, -0.25) is 14.2 Å². The molecule has 4 aromatic rings. The number of nitrogens with zero attached hydrogens (tertiary/aromatic N) is 4. The highest BCUT2D eigenvalue weighted by Gasteiger charge is 2.61. The largest absolute Gasteiger partial charge is 0.387 e. The number of imidazole rings is 1. The fraction of sp³-hybridized carbons (Fsp3) is 0.304. The van der Waals surface area contributed by atoms with Crippen LogP contribution in [0.25, 0.3) is 27.7 Å². The van der Waals surface area contributed by atoms with Gasteiger partial charge in [0.15, 0.2) is 0 Å². The molecule has 1 aliphatic rings. The Balaban J connectivity index is 1.56. The number of rotatable bonds is 5. The molecular weight excluding hydrogens is 416 g/mol. The maximum absolute atomic E-state index is 13.2. The molecule has 4 aromatic heterocycles. The first-order chi connectivity index (χ1) is 15.3. The van der Waals surface area contributed by atoms with Crippen molar-refractivity contribution in [2.45, 2.75) is 38.7 Å². The van der Waals surface area contributed by atoms with Crippen molar-refractivity contribution >= 4 is 28.1 Å². The minimum atomic E-state index is -2.93. The number of hydrogen-bond acceptors (Lipinski definition) is 5. The Kier molecular flexibility index (Phi) is 4.67. The molecule has 7 nitrogen and oxygen atoms in total. The monoisotopic (exact) mass is 437 g/mol. The zero-order valence-electron chi connectivity index (χ0n) is 17.5. The third kappa shape index (κ3) is 3.38. The van der Waals surface area contributed by atoms with Gasteiger partial charge in [0.25, 0.3) is 5.92 Å². The molecule has 0 radical (unpaired) electrons. The van der Waals surface area contributed by atoms with Crippen LogP contribution in [0.15, 0.2) is 43.0 Å². The van der Waals surface area contributed by atoms with Crippen LogP contribution in [0.4, 0.5) is 14.6 Å². The predicted molar refractivity (Wildman–Crippen MR) is 115 cm³/mol. The summed E-state index contributed by atoms with van der Waals surface area (Å²) in [5.41, 5.74) is 3.96. The van der Waals surface area contributed by atoms with Crippen LogP contribution in [0.5, 0.6) is 0 Å². The fourth-order valence-electron chi connectivity index (χ4n) is 3.91. The quantitative estimate of drug-likeness (QED) is 0.486. The zero-order valence-corrected chi connectivity index (χ0v) is 17.5. The normalized spacial score (nSPS) is 18.1. The van der Waals surface area contributed by atoms with Crippen LogP contribution in [0.1, 0.15) is 37.1 Å². The van der Waals surface area contributed by atoms with Crippen molar-refractivity contribution in [3.8, 4) is 11.3 Å². The lowest BCUT2D eigenvalue weighted by Gasteiger charge is -2.14. The molecule has 2 atom stereocenters. The van der Waals surface area contributed by atoms with E-state index in [9.17, 15) is 18.7 Å². The van der Waals surface area contributed by atoms with E-state index in [1.165, 1.54) is 0 Å². The minimum absolute atomic E-state index is 0.207. The first-order valence-electron chi connectivity index (χ1n) is 10.4. The van der Waals surface area contributed by atoms with Gasteiger partial charge in [-0.2, -0.15) is 0 Å². The van der Waals surface area contributed by atoms with Crippen molar-refractivity contribution in [3.05, 3.63) is 54.2 Å². The molecule has 0 bridgehead atoms. The minimum Gasteiger partial charge on any atom is -0.387 e. The van der Waals surface area contributed by atoms with Crippen molar-refractivity contribution in [1.82, 2.24) is 19.4 Å². The summed E-state index contributed by atoms with van der Waals surface area (Å²) in [5.74, 6) is -4.74. The highest BCUT2D eigenvalue weighted by Crippen LogP contribution is 2.49. The Morgan fingerprint density at radius 1 is 1.28 bits per heavy atom.